The van der Waals surface area contributed by atoms with Gasteiger partial charge < -0.3 is 24.4 Å². The maximum Gasteiger partial charge on any atom is 0.268 e. The molecule has 8 heteroatoms. The summed E-state index contributed by atoms with van der Waals surface area (Å²) in [5, 5.41) is 2.94. The van der Waals surface area contributed by atoms with E-state index >= 15 is 0 Å². The van der Waals surface area contributed by atoms with Gasteiger partial charge in [-0.25, -0.2) is 0 Å². The molecule has 1 aromatic rings. The molecule has 0 radical (unpaired) electrons. The molecule has 0 saturated carbocycles. The van der Waals surface area contributed by atoms with E-state index in [9.17, 15) is 14.4 Å². The summed E-state index contributed by atoms with van der Waals surface area (Å²) in [7, 11) is 3.40. The van der Waals surface area contributed by atoms with E-state index in [1.807, 2.05) is 0 Å². The zero-order valence-electron chi connectivity index (χ0n) is 14.3. The van der Waals surface area contributed by atoms with Crippen molar-refractivity contribution in [3.63, 3.8) is 0 Å². The minimum absolute atomic E-state index is 0.0280. The highest BCUT2D eigenvalue weighted by Gasteiger charge is 2.55. The lowest BCUT2D eigenvalue weighted by molar-refractivity contribution is -0.157. The molecule has 4 unspecified atom stereocenters. The number of aromatic nitrogens is 1. The number of methoxy groups -OCH3 is 1. The van der Waals surface area contributed by atoms with E-state index in [4.69, 9.17) is 4.74 Å². The Morgan fingerprint density at radius 1 is 1.28 bits per heavy atom. The zero-order chi connectivity index (χ0) is 17.7. The summed E-state index contributed by atoms with van der Waals surface area (Å²) in [6, 6.07) is 2.14. The number of carbonyl (C=O) groups excluding carboxylic acids is 3. The number of rotatable bonds is 3. The Hall–Kier alpha value is -2.35. The molecule has 25 heavy (non-hydrogen) atoms. The molecule has 8 nitrogen and oxygen atoms in total. The van der Waals surface area contributed by atoms with Crippen molar-refractivity contribution < 1.29 is 19.1 Å². The maximum absolute atomic E-state index is 13.0. The second kappa shape index (κ2) is 5.87. The van der Waals surface area contributed by atoms with Crippen LogP contribution in [0.4, 0.5) is 0 Å². The number of piperazine rings is 1. The maximum atomic E-state index is 13.0. The molecule has 0 aliphatic carbocycles. The van der Waals surface area contributed by atoms with Crippen LogP contribution in [-0.4, -0.2) is 76.5 Å². The van der Waals surface area contributed by atoms with Crippen LogP contribution in [-0.2, 0) is 21.4 Å². The Morgan fingerprint density at radius 3 is 2.76 bits per heavy atom. The van der Waals surface area contributed by atoms with Gasteiger partial charge in [0.25, 0.3) is 5.91 Å². The summed E-state index contributed by atoms with van der Waals surface area (Å²) in [4.78, 5) is 41.5. The van der Waals surface area contributed by atoms with E-state index in [-0.39, 0.29) is 29.9 Å². The molecule has 3 fully saturated rings. The van der Waals surface area contributed by atoms with Crippen molar-refractivity contribution in [2.45, 2.75) is 37.1 Å². The fourth-order valence-corrected chi connectivity index (χ4v) is 4.24. The van der Waals surface area contributed by atoms with Gasteiger partial charge in [-0.05, 0) is 18.6 Å². The average molecular weight is 346 g/mol. The van der Waals surface area contributed by atoms with E-state index in [0.29, 0.717) is 31.6 Å². The van der Waals surface area contributed by atoms with Crippen molar-refractivity contribution in [1.82, 2.24) is 19.7 Å². The molecular weight excluding hydrogens is 324 g/mol. The highest BCUT2D eigenvalue weighted by Crippen LogP contribution is 2.33. The predicted octanol–water partition coefficient (Wildman–Crippen LogP) is -0.646. The molecular formula is C17H22N4O4. The highest BCUT2D eigenvalue weighted by atomic mass is 16.5. The summed E-state index contributed by atoms with van der Waals surface area (Å²) >= 11 is 0. The Balaban J connectivity index is 1.54. The first-order valence-corrected chi connectivity index (χ1v) is 8.57. The third-order valence-electron chi connectivity index (χ3n) is 5.59. The van der Waals surface area contributed by atoms with Gasteiger partial charge in [-0.3, -0.25) is 14.4 Å². The molecule has 4 atom stereocenters. The van der Waals surface area contributed by atoms with Crippen LogP contribution in [0.15, 0.2) is 18.3 Å². The van der Waals surface area contributed by atoms with Gasteiger partial charge in [-0.15, -0.1) is 0 Å². The van der Waals surface area contributed by atoms with Gasteiger partial charge in [0.05, 0.1) is 12.1 Å². The standard InChI is InChI=1S/C17H22N4O4/c1-19-6-3-4-12(19)15(22)18-11-5-7-20-14(11)17(24)21-9-10(25-2)8-13(21)16(20)23/h3-4,6,10-11,13-14H,5,7-9H2,1-2H3,(H,18,22). The van der Waals surface area contributed by atoms with Crippen molar-refractivity contribution in [3.8, 4) is 0 Å². The van der Waals surface area contributed by atoms with Crippen LogP contribution >= 0.6 is 0 Å². The van der Waals surface area contributed by atoms with E-state index in [2.05, 4.69) is 5.32 Å². The quantitative estimate of drug-likeness (QED) is 0.789. The molecule has 1 N–H and O–H groups in total. The molecule has 3 saturated heterocycles. The first kappa shape index (κ1) is 16.1. The second-order valence-electron chi connectivity index (χ2n) is 6.95. The van der Waals surface area contributed by atoms with Crippen molar-refractivity contribution in [3.05, 3.63) is 24.0 Å². The number of aryl methyl sites for hydroxylation is 1. The third kappa shape index (κ3) is 2.43. The van der Waals surface area contributed by atoms with Crippen LogP contribution in [0.1, 0.15) is 23.3 Å². The van der Waals surface area contributed by atoms with Crippen LogP contribution in [0.2, 0.25) is 0 Å². The first-order valence-electron chi connectivity index (χ1n) is 8.57. The van der Waals surface area contributed by atoms with E-state index in [1.54, 1.807) is 46.9 Å². The lowest BCUT2D eigenvalue weighted by atomic mass is 10.0. The molecule has 4 rings (SSSR count). The number of carbonyl (C=O) groups is 3. The number of nitrogens with one attached hydrogen (secondary N) is 1. The molecule has 3 amide bonds. The molecule has 3 aliphatic rings. The lowest BCUT2D eigenvalue weighted by Gasteiger charge is -2.40. The Kier molecular flexibility index (Phi) is 3.79. The van der Waals surface area contributed by atoms with Crippen molar-refractivity contribution in [1.29, 1.82) is 0 Å². The minimum atomic E-state index is -0.608. The fraction of sp³-hybridized carbons (Fsp3) is 0.588. The molecule has 134 valence electrons. The molecule has 4 heterocycles. The average Bonchev–Trinajstić information content (AvgIpc) is 3.30. The van der Waals surface area contributed by atoms with Gasteiger partial charge >= 0.3 is 0 Å². The number of hydrogen-bond donors (Lipinski definition) is 1. The largest absolute Gasteiger partial charge is 0.380 e. The van der Waals surface area contributed by atoms with Crippen molar-refractivity contribution in [2.24, 2.45) is 7.05 Å². The fourth-order valence-electron chi connectivity index (χ4n) is 4.24. The van der Waals surface area contributed by atoms with Gasteiger partial charge in [0.1, 0.15) is 17.8 Å². The zero-order valence-corrected chi connectivity index (χ0v) is 14.3. The smallest absolute Gasteiger partial charge is 0.268 e. The van der Waals surface area contributed by atoms with Gasteiger partial charge in [-0.2, -0.15) is 0 Å². The van der Waals surface area contributed by atoms with Crippen molar-refractivity contribution in [2.75, 3.05) is 20.2 Å². The monoisotopic (exact) mass is 346 g/mol. The summed E-state index contributed by atoms with van der Waals surface area (Å²) in [6.07, 6.45) is 2.83. The lowest BCUT2D eigenvalue weighted by Crippen LogP contribution is -2.64. The first-order chi connectivity index (χ1) is 12.0. The molecule has 3 aliphatic heterocycles. The Morgan fingerprint density at radius 2 is 2.08 bits per heavy atom. The van der Waals surface area contributed by atoms with Crippen molar-refractivity contribution >= 4 is 17.7 Å². The number of hydrogen-bond acceptors (Lipinski definition) is 4. The summed E-state index contributed by atoms with van der Waals surface area (Å²) in [5.41, 5.74) is 0.534. The summed E-state index contributed by atoms with van der Waals surface area (Å²) in [6.45, 7) is 0.934. The molecule has 0 bridgehead atoms. The molecule has 1 aromatic heterocycles. The van der Waals surface area contributed by atoms with E-state index < -0.39 is 12.1 Å². The van der Waals surface area contributed by atoms with E-state index in [0.717, 1.165) is 0 Å². The van der Waals surface area contributed by atoms with Gasteiger partial charge in [0.2, 0.25) is 11.8 Å². The van der Waals surface area contributed by atoms with Gasteiger partial charge in [0, 0.05) is 39.9 Å². The number of nitrogens with zero attached hydrogens (tertiary/aromatic N) is 3. The summed E-state index contributed by atoms with van der Waals surface area (Å²) in [5.74, 6) is -0.337. The number of ether oxygens (including phenoxy) is 1. The number of amides is 3. The third-order valence-corrected chi connectivity index (χ3v) is 5.59. The normalized spacial score (nSPS) is 31.3. The van der Waals surface area contributed by atoms with Crippen LogP contribution in [0.5, 0.6) is 0 Å². The second-order valence-corrected chi connectivity index (χ2v) is 6.95. The topological polar surface area (TPSA) is 83.9 Å². The Labute approximate surface area is 145 Å². The SMILES string of the molecule is COC1CC2C(=O)N3CCC(NC(=O)c4cccn4C)C3C(=O)N2C1. The summed E-state index contributed by atoms with van der Waals surface area (Å²) < 4.78 is 7.07. The van der Waals surface area contributed by atoms with Crippen LogP contribution in [0, 0.1) is 0 Å². The van der Waals surface area contributed by atoms with Gasteiger partial charge in [-0.1, -0.05) is 0 Å². The number of fused-ring (bicyclic) bond motifs is 2. The van der Waals surface area contributed by atoms with E-state index in [1.165, 1.54) is 0 Å². The minimum Gasteiger partial charge on any atom is -0.380 e. The van der Waals surface area contributed by atoms with Crippen LogP contribution in [0.3, 0.4) is 0 Å². The Bertz CT molecular complexity index is 730. The predicted molar refractivity (Wildman–Crippen MR) is 87.7 cm³/mol. The van der Waals surface area contributed by atoms with Gasteiger partial charge in [0.15, 0.2) is 0 Å². The van der Waals surface area contributed by atoms with Crippen LogP contribution < -0.4 is 5.32 Å². The molecule has 0 spiro atoms. The highest BCUT2D eigenvalue weighted by molar-refractivity contribution is 5.99. The van der Waals surface area contributed by atoms with Crippen LogP contribution in [0.25, 0.3) is 0 Å². The molecule has 0 aromatic carbocycles.